The molecule has 2 heterocycles. The van der Waals surface area contributed by atoms with Crippen molar-refractivity contribution in [1.29, 1.82) is 0 Å². The van der Waals surface area contributed by atoms with Gasteiger partial charge in [-0.15, -0.1) is 0 Å². The van der Waals surface area contributed by atoms with Crippen LogP contribution >= 0.6 is 11.3 Å². The molecule has 29 heavy (non-hydrogen) atoms. The topological polar surface area (TPSA) is 72.2 Å². The second-order valence-corrected chi connectivity index (χ2v) is 8.20. The number of rotatable bonds is 2. The van der Waals surface area contributed by atoms with Gasteiger partial charge in [0.25, 0.3) is 5.91 Å². The Morgan fingerprint density at radius 2 is 1.86 bits per heavy atom. The van der Waals surface area contributed by atoms with Crippen LogP contribution in [0, 0.1) is 0 Å². The Morgan fingerprint density at radius 3 is 2.79 bits per heavy atom. The Balaban J connectivity index is 1.43. The maximum atomic E-state index is 12.7. The highest BCUT2D eigenvalue weighted by Crippen LogP contribution is 2.39. The lowest BCUT2D eigenvalue weighted by Gasteiger charge is -2.02. The maximum absolute atomic E-state index is 12.7. The maximum Gasteiger partial charge on any atom is 0.264 e. The number of carbonyl (C=O) groups excluding carboxylic acids is 1. The molecule has 1 N–H and O–H groups in total. The minimum absolute atomic E-state index is 0.0306. The summed E-state index contributed by atoms with van der Waals surface area (Å²) < 4.78 is 6.49. The first-order valence-electron chi connectivity index (χ1n) is 9.35. The molecule has 1 aliphatic carbocycles. The first-order chi connectivity index (χ1) is 14.2. The van der Waals surface area contributed by atoms with Crippen LogP contribution in [0.15, 0.2) is 64.0 Å². The number of hydrogen-bond acceptors (Lipinski definition) is 5. The van der Waals surface area contributed by atoms with Crippen molar-refractivity contribution in [2.75, 3.05) is 5.32 Å². The van der Waals surface area contributed by atoms with E-state index in [2.05, 4.69) is 34.6 Å². The summed E-state index contributed by atoms with van der Waals surface area (Å²) in [6, 6.07) is 15.4. The Kier molecular flexibility index (Phi) is 3.40. The molecular formula is C23H14N2O3S. The third-order valence-electron chi connectivity index (χ3n) is 5.49. The highest BCUT2D eigenvalue weighted by Gasteiger charge is 2.20. The molecule has 0 unspecified atom stereocenters. The summed E-state index contributed by atoms with van der Waals surface area (Å²) in [5, 5.41) is 6.05. The quantitative estimate of drug-likeness (QED) is 0.459. The molecule has 5 aromatic rings. The molecule has 0 saturated heterocycles. The monoisotopic (exact) mass is 398 g/mol. The van der Waals surface area contributed by atoms with Gasteiger partial charge < -0.3 is 4.42 Å². The predicted molar refractivity (Wildman–Crippen MR) is 115 cm³/mol. The SMILES string of the molecule is O=C(Nc1nc2c(cc3c4c(cccc42)CC3)s1)c1coc2ccccc2c1=O. The van der Waals surface area contributed by atoms with Crippen LogP contribution in [0.25, 0.3) is 32.0 Å². The van der Waals surface area contributed by atoms with Crippen molar-refractivity contribution in [3.8, 4) is 0 Å². The number of anilines is 1. The Bertz CT molecular complexity index is 1530. The van der Waals surface area contributed by atoms with Gasteiger partial charge in [-0.2, -0.15) is 0 Å². The number of aromatic nitrogens is 1. The van der Waals surface area contributed by atoms with Gasteiger partial charge >= 0.3 is 0 Å². The van der Waals surface area contributed by atoms with Gasteiger partial charge in [0.1, 0.15) is 17.4 Å². The van der Waals surface area contributed by atoms with E-state index in [1.54, 1.807) is 24.3 Å². The highest BCUT2D eigenvalue weighted by atomic mass is 32.1. The minimum Gasteiger partial charge on any atom is -0.463 e. The van der Waals surface area contributed by atoms with Crippen molar-refractivity contribution >= 4 is 54.3 Å². The zero-order valence-electron chi connectivity index (χ0n) is 15.2. The number of carbonyl (C=O) groups is 1. The highest BCUT2D eigenvalue weighted by molar-refractivity contribution is 7.22. The molecule has 0 fully saturated rings. The van der Waals surface area contributed by atoms with Crippen LogP contribution in [0.3, 0.4) is 0 Å². The van der Waals surface area contributed by atoms with E-state index in [1.807, 2.05) is 0 Å². The first kappa shape index (κ1) is 16.4. The third-order valence-corrected chi connectivity index (χ3v) is 6.41. The molecule has 0 aliphatic heterocycles. The summed E-state index contributed by atoms with van der Waals surface area (Å²) in [4.78, 5) is 30.1. The molecule has 0 radical (unpaired) electrons. The van der Waals surface area contributed by atoms with E-state index in [0.717, 1.165) is 28.4 Å². The van der Waals surface area contributed by atoms with E-state index >= 15 is 0 Å². The molecule has 6 heteroatoms. The van der Waals surface area contributed by atoms with E-state index < -0.39 is 5.91 Å². The average Bonchev–Trinajstić information content (AvgIpc) is 3.33. The van der Waals surface area contributed by atoms with Crippen LogP contribution in [-0.4, -0.2) is 10.9 Å². The lowest BCUT2D eigenvalue weighted by molar-refractivity contribution is 0.102. The lowest BCUT2D eigenvalue weighted by Crippen LogP contribution is -2.21. The van der Waals surface area contributed by atoms with Gasteiger partial charge in [-0.25, -0.2) is 4.98 Å². The van der Waals surface area contributed by atoms with E-state index in [1.165, 1.54) is 34.1 Å². The molecule has 5 nitrogen and oxygen atoms in total. The second-order valence-electron chi connectivity index (χ2n) is 7.17. The van der Waals surface area contributed by atoms with Gasteiger partial charge in [0.2, 0.25) is 5.43 Å². The molecule has 1 amide bonds. The summed E-state index contributed by atoms with van der Waals surface area (Å²) in [6.07, 6.45) is 3.31. The van der Waals surface area contributed by atoms with Crippen molar-refractivity contribution in [1.82, 2.24) is 4.98 Å². The lowest BCUT2D eigenvalue weighted by atomic mass is 10.0. The molecular weight excluding hydrogens is 384 g/mol. The van der Waals surface area contributed by atoms with E-state index in [4.69, 9.17) is 4.42 Å². The van der Waals surface area contributed by atoms with Gasteiger partial charge in [-0.3, -0.25) is 14.9 Å². The number of fused-ring (bicyclic) bond motifs is 3. The van der Waals surface area contributed by atoms with E-state index in [9.17, 15) is 9.59 Å². The molecule has 0 bridgehead atoms. The fraction of sp³-hybridized carbons (Fsp3) is 0.0870. The third kappa shape index (κ3) is 2.42. The fourth-order valence-electron chi connectivity index (χ4n) is 4.16. The number of amides is 1. The minimum atomic E-state index is -0.513. The number of aryl methyl sites for hydroxylation is 2. The van der Waals surface area contributed by atoms with E-state index in [-0.39, 0.29) is 11.0 Å². The number of benzene rings is 3. The fourth-order valence-corrected chi connectivity index (χ4v) is 5.10. The Labute approximate surface area is 168 Å². The molecule has 2 aromatic heterocycles. The van der Waals surface area contributed by atoms with Gasteiger partial charge in [-0.05, 0) is 47.6 Å². The molecule has 0 atom stereocenters. The smallest absolute Gasteiger partial charge is 0.264 e. The summed E-state index contributed by atoms with van der Waals surface area (Å²) in [5.74, 6) is -0.513. The van der Waals surface area contributed by atoms with Gasteiger partial charge in [-0.1, -0.05) is 41.7 Å². The van der Waals surface area contributed by atoms with Crippen LogP contribution in [0.5, 0.6) is 0 Å². The Morgan fingerprint density at radius 1 is 1.03 bits per heavy atom. The number of para-hydroxylation sites is 1. The number of nitrogens with one attached hydrogen (secondary N) is 1. The second kappa shape index (κ2) is 5.99. The van der Waals surface area contributed by atoms with Crippen molar-refractivity contribution < 1.29 is 9.21 Å². The van der Waals surface area contributed by atoms with Gasteiger partial charge in [0.05, 0.1) is 15.6 Å². The van der Waals surface area contributed by atoms with Gasteiger partial charge in [0, 0.05) is 5.39 Å². The standard InChI is InChI=1S/C23H14N2O3S/c26-21-14-5-1-2-7-17(14)28-11-16(21)22(27)25-23-24-20-15-6-3-4-12-8-9-13(19(12)15)10-18(20)29-23/h1-7,10-11H,8-9H2,(H,24,25,27). The van der Waals surface area contributed by atoms with E-state index in [0.29, 0.717) is 16.1 Å². The Hall–Kier alpha value is -3.51. The van der Waals surface area contributed by atoms with Crippen LogP contribution in [0.1, 0.15) is 21.5 Å². The summed E-state index contributed by atoms with van der Waals surface area (Å²) in [6.45, 7) is 0. The van der Waals surface area contributed by atoms with Crippen molar-refractivity contribution in [3.63, 3.8) is 0 Å². The first-order valence-corrected chi connectivity index (χ1v) is 10.2. The summed E-state index contributed by atoms with van der Waals surface area (Å²) in [7, 11) is 0. The molecule has 1 aliphatic rings. The molecule has 6 rings (SSSR count). The molecule has 0 saturated carbocycles. The summed E-state index contributed by atoms with van der Waals surface area (Å²) >= 11 is 1.42. The number of nitrogens with zero attached hydrogens (tertiary/aromatic N) is 1. The molecule has 0 spiro atoms. The number of hydrogen-bond donors (Lipinski definition) is 1. The largest absolute Gasteiger partial charge is 0.463 e. The van der Waals surface area contributed by atoms with Crippen molar-refractivity contribution in [2.45, 2.75) is 12.8 Å². The van der Waals surface area contributed by atoms with Crippen molar-refractivity contribution in [3.05, 3.63) is 81.7 Å². The normalized spacial score (nSPS) is 12.8. The predicted octanol–water partition coefficient (Wildman–Crippen LogP) is 4.91. The van der Waals surface area contributed by atoms with Crippen LogP contribution < -0.4 is 10.7 Å². The van der Waals surface area contributed by atoms with Crippen LogP contribution in [0.4, 0.5) is 5.13 Å². The van der Waals surface area contributed by atoms with Gasteiger partial charge in [0.15, 0.2) is 5.13 Å². The van der Waals surface area contributed by atoms with Crippen LogP contribution in [-0.2, 0) is 12.8 Å². The molecule has 140 valence electrons. The zero-order chi connectivity index (χ0) is 19.5. The summed E-state index contributed by atoms with van der Waals surface area (Å²) in [5.41, 5.74) is 3.65. The average molecular weight is 398 g/mol. The van der Waals surface area contributed by atoms with Crippen LogP contribution in [0.2, 0.25) is 0 Å². The van der Waals surface area contributed by atoms with Crippen molar-refractivity contribution in [2.24, 2.45) is 0 Å². The number of thiazole rings is 1. The zero-order valence-corrected chi connectivity index (χ0v) is 16.0. The molecule has 3 aromatic carbocycles.